The number of carbonyl (C=O) groups is 1. The smallest absolute Gasteiger partial charge is 0.408 e. The Morgan fingerprint density at radius 3 is 2.64 bits per heavy atom. The maximum absolute atomic E-state index is 11.6. The average Bonchev–Trinajstić information content (AvgIpc) is 2.49. The number of aromatic nitrogens is 2. The van der Waals surface area contributed by atoms with Gasteiger partial charge in [-0.25, -0.2) is 4.79 Å². The summed E-state index contributed by atoms with van der Waals surface area (Å²) in [6, 6.07) is 2.98. The van der Waals surface area contributed by atoms with Gasteiger partial charge in [0.25, 0.3) is 0 Å². The van der Waals surface area contributed by atoms with Crippen LogP contribution in [0.25, 0.3) is 0 Å². The number of rotatable bonds is 3. The summed E-state index contributed by atoms with van der Waals surface area (Å²) in [7, 11) is 0. The molecule has 0 aliphatic heterocycles. The first-order valence-corrected chi connectivity index (χ1v) is 7.89. The van der Waals surface area contributed by atoms with Gasteiger partial charge in [0.05, 0.1) is 6.54 Å². The highest BCUT2D eigenvalue weighted by Crippen LogP contribution is 2.06. The molecule has 1 aromatic rings. The van der Waals surface area contributed by atoms with Crippen molar-refractivity contribution in [2.45, 2.75) is 46.3 Å². The number of aliphatic hydroxyl groups is 1. The van der Waals surface area contributed by atoms with Crippen molar-refractivity contribution in [3.63, 3.8) is 0 Å². The summed E-state index contributed by atoms with van der Waals surface area (Å²) in [5.74, 6) is 5.27. The highest BCUT2D eigenvalue weighted by atomic mass is 16.6. The van der Waals surface area contributed by atoms with Crippen LogP contribution in [0.4, 0.5) is 4.79 Å². The van der Waals surface area contributed by atoms with Crippen molar-refractivity contribution in [1.29, 1.82) is 10.8 Å². The molecule has 1 aromatic heterocycles. The second kappa shape index (κ2) is 8.44. The number of hydrogen-bond acceptors (Lipinski definition) is 6. The van der Waals surface area contributed by atoms with E-state index in [1.807, 2.05) is 13.8 Å². The summed E-state index contributed by atoms with van der Waals surface area (Å²) in [4.78, 5) is 11.6. The fourth-order valence-electron chi connectivity index (χ4n) is 1.56. The van der Waals surface area contributed by atoms with Crippen LogP contribution >= 0.6 is 0 Å². The van der Waals surface area contributed by atoms with Crippen molar-refractivity contribution in [3.05, 3.63) is 23.3 Å². The Kier molecular flexibility index (Phi) is 6.88. The van der Waals surface area contributed by atoms with Gasteiger partial charge in [0, 0.05) is 0 Å². The summed E-state index contributed by atoms with van der Waals surface area (Å²) in [5, 5.41) is 32.1. The predicted molar refractivity (Wildman–Crippen MR) is 93.2 cm³/mol. The van der Waals surface area contributed by atoms with Crippen LogP contribution in [0.15, 0.2) is 12.1 Å². The van der Waals surface area contributed by atoms with Crippen molar-refractivity contribution in [3.8, 4) is 11.8 Å². The van der Waals surface area contributed by atoms with Crippen LogP contribution in [0.3, 0.4) is 0 Å². The summed E-state index contributed by atoms with van der Waals surface area (Å²) in [6.45, 7) is 8.76. The fourth-order valence-corrected chi connectivity index (χ4v) is 1.56. The molecule has 0 spiro atoms. The van der Waals surface area contributed by atoms with Crippen LogP contribution in [0.5, 0.6) is 0 Å². The number of hydrogen-bond donors (Lipinski definition) is 4. The quantitative estimate of drug-likeness (QED) is 0.371. The Balaban J connectivity index is 2.84. The second-order valence-electron chi connectivity index (χ2n) is 6.78. The van der Waals surface area contributed by atoms with E-state index in [0.717, 1.165) is 4.68 Å². The maximum atomic E-state index is 11.6. The minimum atomic E-state index is -0.779. The minimum absolute atomic E-state index is 0.00796. The largest absolute Gasteiger partial charge is 0.444 e. The van der Waals surface area contributed by atoms with Gasteiger partial charge in [0.15, 0.2) is 0 Å². The van der Waals surface area contributed by atoms with Gasteiger partial charge in [-0.3, -0.25) is 10.8 Å². The second-order valence-corrected chi connectivity index (χ2v) is 6.78. The van der Waals surface area contributed by atoms with E-state index in [-0.39, 0.29) is 23.8 Å². The number of nitrogens with one attached hydrogen (secondary N) is 3. The number of aliphatic hydroxyl groups excluding tert-OH is 1. The molecule has 25 heavy (non-hydrogen) atoms. The molecule has 0 saturated heterocycles. The molecule has 0 radical (unpaired) electrons. The molecule has 1 atom stereocenters. The number of nitrogens with zero attached hydrogens (tertiary/aromatic N) is 2. The fraction of sp³-hybridized carbons (Fsp3) is 0.529. The van der Waals surface area contributed by atoms with Crippen LogP contribution in [0.2, 0.25) is 0 Å². The summed E-state index contributed by atoms with van der Waals surface area (Å²) < 4.78 is 6.15. The van der Waals surface area contributed by atoms with Crippen LogP contribution in [-0.2, 0) is 4.74 Å². The zero-order valence-electron chi connectivity index (χ0n) is 15.2. The maximum Gasteiger partial charge on any atom is 0.408 e. The standard InChI is InChI=1S/C17H25N5O3/c1-11(2)13(23)8-6-12-7-9-14(18)22(21-12)15(19)10-20-16(24)25-17(3,4)5/h7,9,11,13,18-19,23H,10H2,1-5H3,(H,20,24). The van der Waals surface area contributed by atoms with Crippen molar-refractivity contribution in [1.82, 2.24) is 15.1 Å². The predicted octanol–water partition coefficient (Wildman–Crippen LogP) is 1.08. The van der Waals surface area contributed by atoms with E-state index in [1.54, 1.807) is 20.8 Å². The van der Waals surface area contributed by atoms with Crippen LogP contribution < -0.4 is 10.8 Å². The van der Waals surface area contributed by atoms with Crippen molar-refractivity contribution in [2.75, 3.05) is 6.54 Å². The lowest BCUT2D eigenvalue weighted by molar-refractivity contribution is 0.0535. The van der Waals surface area contributed by atoms with Gasteiger partial charge in [-0.2, -0.15) is 9.78 Å². The van der Waals surface area contributed by atoms with Crippen molar-refractivity contribution >= 4 is 11.9 Å². The topological polar surface area (TPSA) is 124 Å². The van der Waals surface area contributed by atoms with Crippen LogP contribution in [-0.4, -0.2) is 45.1 Å². The molecular weight excluding hydrogens is 322 g/mol. The number of carbonyl (C=O) groups excluding carboxylic acids is 1. The van der Waals surface area contributed by atoms with Gasteiger partial charge in [0.1, 0.15) is 28.7 Å². The molecule has 0 aliphatic carbocycles. The number of amides is 1. The van der Waals surface area contributed by atoms with E-state index in [0.29, 0.717) is 5.69 Å². The first kappa shape index (κ1) is 20.4. The van der Waals surface area contributed by atoms with Gasteiger partial charge < -0.3 is 15.2 Å². The highest BCUT2D eigenvalue weighted by Gasteiger charge is 2.16. The summed E-state index contributed by atoms with van der Waals surface area (Å²) in [5.41, 5.74) is -0.339. The molecule has 0 aliphatic rings. The zero-order valence-corrected chi connectivity index (χ0v) is 15.2. The molecule has 0 bridgehead atoms. The van der Waals surface area contributed by atoms with E-state index in [2.05, 4.69) is 22.3 Å². The monoisotopic (exact) mass is 347 g/mol. The molecule has 0 aromatic carbocycles. The average molecular weight is 347 g/mol. The van der Waals surface area contributed by atoms with E-state index >= 15 is 0 Å². The van der Waals surface area contributed by atoms with E-state index < -0.39 is 17.8 Å². The lowest BCUT2D eigenvalue weighted by atomic mass is 10.1. The number of ether oxygens (including phenoxy) is 1. The van der Waals surface area contributed by atoms with Crippen molar-refractivity contribution < 1.29 is 14.6 Å². The molecule has 136 valence electrons. The molecule has 0 fully saturated rings. The molecule has 1 unspecified atom stereocenters. The number of alkyl carbamates (subject to hydrolysis) is 1. The van der Waals surface area contributed by atoms with Gasteiger partial charge in [0.2, 0.25) is 0 Å². The van der Waals surface area contributed by atoms with Gasteiger partial charge >= 0.3 is 6.09 Å². The molecule has 8 nitrogen and oxygen atoms in total. The molecule has 1 heterocycles. The third-order valence-corrected chi connectivity index (χ3v) is 2.87. The molecule has 1 rings (SSSR count). The lowest BCUT2D eigenvalue weighted by Gasteiger charge is -2.19. The van der Waals surface area contributed by atoms with Gasteiger partial charge in [-0.1, -0.05) is 19.8 Å². The first-order chi connectivity index (χ1) is 11.5. The Hall–Kier alpha value is -2.66. The van der Waals surface area contributed by atoms with E-state index in [9.17, 15) is 9.90 Å². The van der Waals surface area contributed by atoms with Gasteiger partial charge in [-0.05, 0) is 44.7 Å². The third kappa shape index (κ3) is 7.18. The first-order valence-electron chi connectivity index (χ1n) is 7.89. The zero-order chi connectivity index (χ0) is 19.2. The molecule has 0 saturated carbocycles. The molecule has 1 amide bonds. The van der Waals surface area contributed by atoms with Crippen LogP contribution in [0.1, 0.15) is 40.3 Å². The SMILES string of the molecule is CC(C)C(O)C#Cc1ccc(=N)n(C(=N)CNC(=O)OC(C)(C)C)n1. The van der Waals surface area contributed by atoms with Gasteiger partial charge in [-0.15, -0.1) is 0 Å². The lowest BCUT2D eigenvalue weighted by Crippen LogP contribution is -2.40. The Morgan fingerprint density at radius 2 is 2.08 bits per heavy atom. The minimum Gasteiger partial charge on any atom is -0.444 e. The highest BCUT2D eigenvalue weighted by molar-refractivity contribution is 5.85. The van der Waals surface area contributed by atoms with Crippen molar-refractivity contribution in [2.24, 2.45) is 5.92 Å². The normalized spacial score (nSPS) is 12.1. The Morgan fingerprint density at radius 1 is 1.44 bits per heavy atom. The third-order valence-electron chi connectivity index (χ3n) is 2.87. The molecular formula is C17H25N5O3. The Bertz CT molecular complexity index is 750. The van der Waals surface area contributed by atoms with E-state index in [4.69, 9.17) is 15.6 Å². The summed E-state index contributed by atoms with van der Waals surface area (Å²) >= 11 is 0. The van der Waals surface area contributed by atoms with E-state index in [1.165, 1.54) is 12.1 Å². The Labute approximate surface area is 147 Å². The molecule has 4 N–H and O–H groups in total. The van der Waals surface area contributed by atoms with Crippen LogP contribution in [0, 0.1) is 28.6 Å². The molecule has 8 heteroatoms. The summed E-state index contributed by atoms with van der Waals surface area (Å²) in [6.07, 6.45) is -1.43.